The average molecular weight is 624 g/mol. The zero-order valence-electron chi connectivity index (χ0n) is 27.3. The largest absolute Gasteiger partial charge is 0.456 e. The Labute approximate surface area is 282 Å². The number of para-hydroxylation sites is 2. The molecule has 8 rings (SSSR count). The number of carbonyl (C=O) groups is 1. The van der Waals surface area contributed by atoms with E-state index in [1.165, 1.54) is 33.4 Å². The number of benzene rings is 6. The minimum absolute atomic E-state index is 0.124. The molecule has 1 heterocycles. The van der Waals surface area contributed by atoms with E-state index in [0.29, 0.717) is 5.56 Å². The number of hydrogen-bond donors (Lipinski definition) is 0. The van der Waals surface area contributed by atoms with Crippen LogP contribution in [0.25, 0.3) is 44.5 Å². The van der Waals surface area contributed by atoms with Crippen molar-refractivity contribution in [2.45, 2.75) is 38.5 Å². The van der Waals surface area contributed by atoms with Crippen LogP contribution < -0.4 is 4.90 Å². The van der Waals surface area contributed by atoms with Crippen molar-refractivity contribution in [3.63, 3.8) is 0 Å². The Morgan fingerprint density at radius 2 is 1.21 bits per heavy atom. The van der Waals surface area contributed by atoms with Crippen LogP contribution in [0.4, 0.5) is 17.1 Å². The molecule has 1 aliphatic rings. The third kappa shape index (κ3) is 5.12. The second kappa shape index (κ2) is 12.2. The summed E-state index contributed by atoms with van der Waals surface area (Å²) in [5, 5.41) is 0.999. The van der Waals surface area contributed by atoms with Crippen molar-refractivity contribution in [1.82, 2.24) is 0 Å². The Bertz CT molecular complexity index is 2210. The summed E-state index contributed by atoms with van der Waals surface area (Å²) >= 11 is 0. The Kier molecular flexibility index (Phi) is 7.53. The fourth-order valence-electron chi connectivity index (χ4n) is 7.42. The summed E-state index contributed by atoms with van der Waals surface area (Å²) in [5.74, 6) is 0.825. The molecule has 3 nitrogen and oxygen atoms in total. The second-order valence-electron chi connectivity index (χ2n) is 13.0. The van der Waals surface area contributed by atoms with E-state index in [2.05, 4.69) is 146 Å². The number of unbranched alkanes of at least 4 members (excludes halogenated alkanes) is 1. The second-order valence-corrected chi connectivity index (χ2v) is 13.0. The topological polar surface area (TPSA) is 33.5 Å². The van der Waals surface area contributed by atoms with Gasteiger partial charge in [0.15, 0.2) is 0 Å². The zero-order valence-corrected chi connectivity index (χ0v) is 27.3. The van der Waals surface area contributed by atoms with Crippen LogP contribution >= 0.6 is 0 Å². The Balaban J connectivity index is 1.16. The number of rotatable bonds is 9. The van der Waals surface area contributed by atoms with Gasteiger partial charge in [-0.05, 0) is 100 Å². The molecule has 1 aromatic heterocycles. The predicted molar refractivity (Wildman–Crippen MR) is 199 cm³/mol. The summed E-state index contributed by atoms with van der Waals surface area (Å²) < 4.78 is 6.28. The van der Waals surface area contributed by atoms with Crippen LogP contribution in [0.15, 0.2) is 150 Å². The van der Waals surface area contributed by atoms with Crippen molar-refractivity contribution in [1.29, 1.82) is 0 Å². The highest BCUT2D eigenvalue weighted by Gasteiger charge is 2.39. The van der Waals surface area contributed by atoms with Crippen LogP contribution in [0.1, 0.15) is 54.6 Å². The number of nitrogens with zero attached hydrogens (tertiary/aromatic N) is 1. The van der Waals surface area contributed by atoms with Crippen LogP contribution in [0.5, 0.6) is 0 Å². The van der Waals surface area contributed by atoms with Crippen LogP contribution in [0.2, 0.25) is 0 Å². The molecule has 7 aromatic rings. The van der Waals surface area contributed by atoms with Crippen LogP contribution in [0.3, 0.4) is 0 Å². The van der Waals surface area contributed by atoms with E-state index < -0.39 is 0 Å². The number of carbonyl (C=O) groups excluding carboxylic acids is 1. The molecule has 1 atom stereocenters. The molecule has 0 aliphatic heterocycles. The van der Waals surface area contributed by atoms with Crippen molar-refractivity contribution in [2.75, 3.05) is 4.90 Å². The number of hydrogen-bond acceptors (Lipinski definition) is 3. The molecule has 0 radical (unpaired) electrons. The predicted octanol–water partition coefficient (Wildman–Crippen LogP) is 12.5. The Morgan fingerprint density at radius 1 is 0.625 bits per heavy atom. The van der Waals surface area contributed by atoms with Crippen LogP contribution in [-0.4, -0.2) is 6.29 Å². The van der Waals surface area contributed by atoms with Crippen molar-refractivity contribution in [2.24, 2.45) is 0 Å². The Morgan fingerprint density at radius 3 is 1.83 bits per heavy atom. The summed E-state index contributed by atoms with van der Waals surface area (Å²) in [6.45, 7) is 4.68. The molecule has 0 saturated heterocycles. The summed E-state index contributed by atoms with van der Waals surface area (Å²) in [7, 11) is 0. The van der Waals surface area contributed by atoms with Gasteiger partial charge in [-0.2, -0.15) is 0 Å². The van der Waals surface area contributed by atoms with Gasteiger partial charge in [-0.25, -0.2) is 0 Å². The number of fused-ring (bicyclic) bond motifs is 4. The molecule has 1 aliphatic carbocycles. The quantitative estimate of drug-likeness (QED) is 0.150. The van der Waals surface area contributed by atoms with Crippen LogP contribution in [-0.2, 0) is 5.41 Å². The lowest BCUT2D eigenvalue weighted by Gasteiger charge is -2.28. The van der Waals surface area contributed by atoms with Crippen LogP contribution in [0, 0.1) is 0 Å². The van der Waals surface area contributed by atoms with E-state index in [4.69, 9.17) is 4.42 Å². The van der Waals surface area contributed by atoms with Gasteiger partial charge in [0.1, 0.15) is 17.6 Å². The van der Waals surface area contributed by atoms with E-state index in [1.807, 2.05) is 18.2 Å². The van der Waals surface area contributed by atoms with Crippen molar-refractivity contribution >= 4 is 34.3 Å². The van der Waals surface area contributed by atoms with E-state index >= 15 is 0 Å². The summed E-state index contributed by atoms with van der Waals surface area (Å²) in [4.78, 5) is 13.6. The van der Waals surface area contributed by atoms with Gasteiger partial charge >= 0.3 is 0 Å². The monoisotopic (exact) mass is 623 g/mol. The summed E-state index contributed by atoms with van der Waals surface area (Å²) in [6, 6.07) is 51.5. The number of anilines is 3. The summed E-state index contributed by atoms with van der Waals surface area (Å²) in [6.07, 6.45) is 4.22. The molecule has 1 unspecified atom stereocenters. The smallest absolute Gasteiger partial charge is 0.150 e. The maximum Gasteiger partial charge on any atom is 0.150 e. The lowest BCUT2D eigenvalue weighted by atomic mass is 9.75. The molecular weight excluding hydrogens is 587 g/mol. The molecular formula is C45H37NO2. The number of aldehydes is 1. The van der Waals surface area contributed by atoms with Gasteiger partial charge in [-0.1, -0.05) is 112 Å². The Hall–Kier alpha value is -5.67. The number of furan rings is 1. The normalized spacial score (nSPS) is 14.9. The molecule has 48 heavy (non-hydrogen) atoms. The van der Waals surface area contributed by atoms with Crippen molar-refractivity contribution < 1.29 is 9.21 Å². The summed E-state index contributed by atoms with van der Waals surface area (Å²) in [5.41, 5.74) is 13.5. The van der Waals surface area contributed by atoms with E-state index in [0.717, 1.165) is 64.9 Å². The van der Waals surface area contributed by atoms with Gasteiger partial charge in [0, 0.05) is 39.0 Å². The van der Waals surface area contributed by atoms with E-state index in [-0.39, 0.29) is 5.41 Å². The average Bonchev–Trinajstić information content (AvgIpc) is 3.68. The lowest BCUT2D eigenvalue weighted by molar-refractivity contribution is 0.112. The first-order valence-electron chi connectivity index (χ1n) is 16.8. The van der Waals surface area contributed by atoms with E-state index in [9.17, 15) is 4.79 Å². The fraction of sp³-hybridized carbons (Fsp3) is 0.133. The van der Waals surface area contributed by atoms with Crippen molar-refractivity contribution in [3.05, 3.63) is 162 Å². The molecule has 3 heteroatoms. The highest BCUT2D eigenvalue weighted by Crippen LogP contribution is 2.53. The molecule has 0 bridgehead atoms. The molecule has 234 valence electrons. The van der Waals surface area contributed by atoms with Gasteiger partial charge in [0.2, 0.25) is 0 Å². The molecule has 0 fully saturated rings. The fourth-order valence-corrected chi connectivity index (χ4v) is 7.42. The minimum Gasteiger partial charge on any atom is -0.456 e. The lowest BCUT2D eigenvalue weighted by Crippen LogP contribution is -2.20. The maximum atomic E-state index is 11.3. The van der Waals surface area contributed by atoms with Gasteiger partial charge in [0.25, 0.3) is 0 Å². The molecule has 0 amide bonds. The first-order valence-corrected chi connectivity index (χ1v) is 16.8. The van der Waals surface area contributed by atoms with Gasteiger partial charge in [-0.15, -0.1) is 0 Å². The minimum atomic E-state index is -0.124. The first kappa shape index (κ1) is 29.7. The van der Waals surface area contributed by atoms with Gasteiger partial charge < -0.3 is 9.32 Å². The highest BCUT2D eigenvalue weighted by atomic mass is 16.3. The third-order valence-electron chi connectivity index (χ3n) is 10.0. The van der Waals surface area contributed by atoms with Gasteiger partial charge in [-0.3, -0.25) is 4.79 Å². The third-order valence-corrected chi connectivity index (χ3v) is 10.0. The molecule has 6 aromatic carbocycles. The SMILES string of the molecule is CCCCC1(C)c2cc(-c3ccc(N(c4ccccc4)c4ccccc4)cc3)ccc2-c2ccc(-c3cc4ccc(C=O)cc4o3)cc21. The zero-order chi connectivity index (χ0) is 32.7. The standard InChI is InChI=1S/C45H37NO2/c1-3-4-25-45(2)41-27-33(32-17-21-38(22-18-32)46(36-11-7-5-8-12-36)37-13-9-6-10-14-37)19-23-39(41)40-24-20-34(28-42(40)45)44-29-35-16-15-31(30-47)26-43(35)48-44/h5-24,26-30H,3-4,25H2,1-2H3. The van der Waals surface area contributed by atoms with E-state index in [1.54, 1.807) is 0 Å². The highest BCUT2D eigenvalue weighted by molar-refractivity contribution is 5.90. The molecule has 0 spiro atoms. The first-order chi connectivity index (χ1) is 23.6. The van der Waals surface area contributed by atoms with Gasteiger partial charge in [0.05, 0.1) is 0 Å². The molecule has 0 N–H and O–H groups in total. The van der Waals surface area contributed by atoms with Crippen molar-refractivity contribution in [3.8, 4) is 33.6 Å². The molecule has 0 saturated carbocycles. The maximum absolute atomic E-state index is 11.3.